The number of benzene rings is 1. The minimum Gasteiger partial charge on any atom is -0.310 e. The zero-order chi connectivity index (χ0) is 14.5. The molecule has 0 spiro atoms. The van der Waals surface area contributed by atoms with Gasteiger partial charge in [0.25, 0.3) is 0 Å². The molecule has 0 saturated heterocycles. The molecule has 0 amide bonds. The van der Waals surface area contributed by atoms with E-state index >= 15 is 0 Å². The summed E-state index contributed by atoms with van der Waals surface area (Å²) >= 11 is 3.75. The van der Waals surface area contributed by atoms with Gasteiger partial charge in [-0.15, -0.1) is 0 Å². The summed E-state index contributed by atoms with van der Waals surface area (Å²) in [4.78, 5) is 0. The molecule has 2 heteroatoms. The first-order valence-electron chi connectivity index (χ1n) is 7.33. The predicted molar refractivity (Wildman–Crippen MR) is 88.6 cm³/mol. The van der Waals surface area contributed by atoms with E-state index in [1.54, 1.807) is 0 Å². The molecule has 1 atom stereocenters. The Balaban J connectivity index is 2.86. The predicted octanol–water partition coefficient (Wildman–Crippen LogP) is 5.62. The summed E-state index contributed by atoms with van der Waals surface area (Å²) in [7, 11) is 0. The minimum atomic E-state index is 0.391. The lowest BCUT2D eigenvalue weighted by Crippen LogP contribution is -2.24. The van der Waals surface area contributed by atoms with Crippen LogP contribution < -0.4 is 5.32 Å². The first-order valence-corrected chi connectivity index (χ1v) is 8.13. The van der Waals surface area contributed by atoms with Crippen molar-refractivity contribution in [3.63, 3.8) is 0 Å². The molecule has 1 aromatic carbocycles. The molecule has 0 fully saturated rings. The number of hydrogen-bond donors (Lipinski definition) is 1. The summed E-state index contributed by atoms with van der Waals surface area (Å²) in [6.45, 7) is 12.4. The van der Waals surface area contributed by atoms with Crippen LogP contribution >= 0.6 is 15.9 Å². The number of nitrogens with one attached hydrogen (secondary N) is 1. The van der Waals surface area contributed by atoms with Crippen LogP contribution in [0.1, 0.15) is 64.1 Å². The Hall–Kier alpha value is -0.340. The van der Waals surface area contributed by atoms with Gasteiger partial charge in [0.2, 0.25) is 0 Å². The maximum absolute atomic E-state index is 3.75. The highest BCUT2D eigenvalue weighted by molar-refractivity contribution is 9.10. The van der Waals surface area contributed by atoms with E-state index < -0.39 is 0 Å². The lowest BCUT2D eigenvalue weighted by molar-refractivity contribution is 0.332. The molecule has 1 aromatic rings. The quantitative estimate of drug-likeness (QED) is 0.715. The van der Waals surface area contributed by atoms with Crippen LogP contribution in [0.4, 0.5) is 0 Å². The second-order valence-electron chi connectivity index (χ2n) is 6.58. The lowest BCUT2D eigenvalue weighted by Gasteiger charge is -2.25. The van der Waals surface area contributed by atoms with Crippen LogP contribution in [-0.4, -0.2) is 6.54 Å². The van der Waals surface area contributed by atoms with Gasteiger partial charge in [0, 0.05) is 10.5 Å². The van der Waals surface area contributed by atoms with Crippen LogP contribution in [0.3, 0.4) is 0 Å². The van der Waals surface area contributed by atoms with Gasteiger partial charge < -0.3 is 5.32 Å². The standard InChI is InChI=1S/C17H28BrN/c1-6-12-19-15(10-11-17(3,4)5)14-9-7-8-13(2)16(14)18/h7-9,15,19H,6,10-12H2,1-5H3. The fourth-order valence-corrected chi connectivity index (χ4v) is 2.74. The maximum Gasteiger partial charge on any atom is 0.0331 e. The molecule has 0 aromatic heterocycles. The van der Waals surface area contributed by atoms with Crippen LogP contribution in [0, 0.1) is 12.3 Å². The Morgan fingerprint density at radius 2 is 1.95 bits per heavy atom. The van der Waals surface area contributed by atoms with Crippen molar-refractivity contribution in [2.45, 2.75) is 59.9 Å². The van der Waals surface area contributed by atoms with Gasteiger partial charge in [-0.05, 0) is 49.3 Å². The van der Waals surface area contributed by atoms with Gasteiger partial charge in [0.05, 0.1) is 0 Å². The zero-order valence-corrected chi connectivity index (χ0v) is 14.6. The van der Waals surface area contributed by atoms with Crippen molar-refractivity contribution in [2.24, 2.45) is 5.41 Å². The summed E-state index contributed by atoms with van der Waals surface area (Å²) in [6, 6.07) is 7.02. The van der Waals surface area contributed by atoms with Crippen LogP contribution in [0.25, 0.3) is 0 Å². The molecule has 1 unspecified atom stereocenters. The molecule has 1 nitrogen and oxygen atoms in total. The highest BCUT2D eigenvalue weighted by Crippen LogP contribution is 2.32. The van der Waals surface area contributed by atoms with Gasteiger partial charge in [-0.25, -0.2) is 0 Å². The number of halogens is 1. The van der Waals surface area contributed by atoms with Crippen LogP contribution in [0.2, 0.25) is 0 Å². The Kier molecular flexibility index (Phi) is 6.55. The van der Waals surface area contributed by atoms with E-state index in [0.717, 1.165) is 6.54 Å². The second kappa shape index (κ2) is 7.44. The third-order valence-electron chi connectivity index (χ3n) is 3.42. The molecule has 0 heterocycles. The Morgan fingerprint density at radius 1 is 1.26 bits per heavy atom. The van der Waals surface area contributed by atoms with Gasteiger partial charge in [0.15, 0.2) is 0 Å². The number of hydrogen-bond acceptors (Lipinski definition) is 1. The Bertz CT molecular complexity index is 393. The summed E-state index contributed by atoms with van der Waals surface area (Å²) in [6.07, 6.45) is 3.59. The summed E-state index contributed by atoms with van der Waals surface area (Å²) < 4.78 is 1.26. The molecular formula is C17H28BrN. The van der Waals surface area contributed by atoms with Crippen LogP contribution in [-0.2, 0) is 0 Å². The van der Waals surface area contributed by atoms with Gasteiger partial charge in [0.1, 0.15) is 0 Å². The molecule has 0 radical (unpaired) electrons. The Labute approximate surface area is 127 Å². The van der Waals surface area contributed by atoms with Crippen molar-refractivity contribution in [3.05, 3.63) is 33.8 Å². The monoisotopic (exact) mass is 325 g/mol. The van der Waals surface area contributed by atoms with Gasteiger partial charge in [-0.3, -0.25) is 0 Å². The maximum atomic E-state index is 3.75. The van der Waals surface area contributed by atoms with E-state index in [1.807, 2.05) is 0 Å². The smallest absolute Gasteiger partial charge is 0.0331 e. The molecule has 0 aliphatic carbocycles. The molecule has 0 bridgehead atoms. The largest absolute Gasteiger partial charge is 0.310 e. The highest BCUT2D eigenvalue weighted by atomic mass is 79.9. The van der Waals surface area contributed by atoms with Gasteiger partial charge in [-0.2, -0.15) is 0 Å². The van der Waals surface area contributed by atoms with Crippen molar-refractivity contribution in [1.82, 2.24) is 5.32 Å². The van der Waals surface area contributed by atoms with Crippen molar-refractivity contribution >= 4 is 15.9 Å². The fraction of sp³-hybridized carbons (Fsp3) is 0.647. The molecule has 19 heavy (non-hydrogen) atoms. The summed E-state index contributed by atoms with van der Waals surface area (Å²) in [5.41, 5.74) is 3.11. The van der Waals surface area contributed by atoms with E-state index in [4.69, 9.17) is 0 Å². The first kappa shape index (κ1) is 16.7. The average Bonchev–Trinajstić information content (AvgIpc) is 2.32. The van der Waals surface area contributed by atoms with Crippen molar-refractivity contribution < 1.29 is 0 Å². The van der Waals surface area contributed by atoms with E-state index in [-0.39, 0.29) is 0 Å². The van der Waals surface area contributed by atoms with E-state index in [2.05, 4.69) is 74.1 Å². The Morgan fingerprint density at radius 3 is 2.53 bits per heavy atom. The summed E-state index contributed by atoms with van der Waals surface area (Å²) in [5, 5.41) is 3.70. The van der Waals surface area contributed by atoms with Crippen molar-refractivity contribution in [3.8, 4) is 0 Å². The molecular weight excluding hydrogens is 298 g/mol. The normalized spacial score (nSPS) is 13.6. The minimum absolute atomic E-state index is 0.391. The van der Waals surface area contributed by atoms with E-state index in [0.29, 0.717) is 11.5 Å². The van der Waals surface area contributed by atoms with Crippen molar-refractivity contribution in [2.75, 3.05) is 6.54 Å². The molecule has 108 valence electrons. The molecule has 0 aliphatic rings. The van der Waals surface area contributed by atoms with Crippen molar-refractivity contribution in [1.29, 1.82) is 0 Å². The van der Waals surface area contributed by atoms with Crippen LogP contribution in [0.15, 0.2) is 22.7 Å². The third-order valence-corrected chi connectivity index (χ3v) is 4.50. The third kappa shape index (κ3) is 5.66. The fourth-order valence-electron chi connectivity index (χ4n) is 2.20. The molecule has 0 aliphatic heterocycles. The van der Waals surface area contributed by atoms with Gasteiger partial charge in [-0.1, -0.05) is 61.8 Å². The summed E-state index contributed by atoms with van der Waals surface area (Å²) in [5.74, 6) is 0. The van der Waals surface area contributed by atoms with Gasteiger partial charge >= 0.3 is 0 Å². The van der Waals surface area contributed by atoms with E-state index in [1.165, 1.54) is 34.9 Å². The average molecular weight is 326 g/mol. The zero-order valence-electron chi connectivity index (χ0n) is 13.0. The molecule has 0 saturated carbocycles. The number of rotatable bonds is 6. The van der Waals surface area contributed by atoms with E-state index in [9.17, 15) is 0 Å². The topological polar surface area (TPSA) is 12.0 Å². The molecule has 1 N–H and O–H groups in total. The SMILES string of the molecule is CCCNC(CCC(C)(C)C)c1cccc(C)c1Br. The first-order chi connectivity index (χ1) is 8.85. The lowest BCUT2D eigenvalue weighted by atomic mass is 9.87. The number of aryl methyl sites for hydroxylation is 1. The second-order valence-corrected chi connectivity index (χ2v) is 7.38. The van der Waals surface area contributed by atoms with Crippen LogP contribution in [0.5, 0.6) is 0 Å². The highest BCUT2D eigenvalue weighted by Gasteiger charge is 2.18. The molecule has 1 rings (SSSR count).